The van der Waals surface area contributed by atoms with Gasteiger partial charge in [0.2, 0.25) is 10.0 Å². The summed E-state index contributed by atoms with van der Waals surface area (Å²) in [7, 11) is -3.35. The number of nitrogens with two attached hydrogens (primary N) is 1. The lowest BCUT2D eigenvalue weighted by atomic mass is 10.3. The summed E-state index contributed by atoms with van der Waals surface area (Å²) in [5.41, 5.74) is 0. The molecule has 0 bridgehead atoms. The first-order valence-electron chi connectivity index (χ1n) is 5.87. The van der Waals surface area contributed by atoms with Gasteiger partial charge in [0, 0.05) is 0 Å². The Kier molecular flexibility index (Phi) is 5.94. The summed E-state index contributed by atoms with van der Waals surface area (Å²) in [4.78, 5) is 0. The van der Waals surface area contributed by atoms with Gasteiger partial charge in [0.15, 0.2) is 0 Å². The Morgan fingerprint density at radius 3 is 2.11 bits per heavy atom. The first kappa shape index (κ1) is 14.8. The molecule has 1 rings (SSSR count). The molecule has 0 saturated heterocycles. The van der Waals surface area contributed by atoms with Gasteiger partial charge in [-0.15, -0.1) is 0 Å². The number of unbranched alkanes of at least 4 members (excludes halogenated alkanes) is 1. The van der Waals surface area contributed by atoms with E-state index in [2.05, 4.69) is 0 Å². The van der Waals surface area contributed by atoms with E-state index >= 15 is 0 Å². The van der Waals surface area contributed by atoms with E-state index in [-0.39, 0.29) is 5.75 Å². The Morgan fingerprint density at radius 2 is 1.61 bits per heavy atom. The monoisotopic (exact) mass is 273 g/mol. The van der Waals surface area contributed by atoms with Crippen LogP contribution in [0.5, 0.6) is 11.5 Å². The van der Waals surface area contributed by atoms with E-state index in [9.17, 15) is 8.42 Å². The third-order valence-corrected chi connectivity index (χ3v) is 3.08. The predicted molar refractivity (Wildman–Crippen MR) is 70.3 cm³/mol. The average Bonchev–Trinajstić information content (AvgIpc) is 2.30. The van der Waals surface area contributed by atoms with Gasteiger partial charge >= 0.3 is 0 Å². The molecule has 1 aromatic rings. The number of sulfonamides is 1. The van der Waals surface area contributed by atoms with E-state index in [4.69, 9.17) is 14.6 Å². The summed E-state index contributed by atoms with van der Waals surface area (Å²) in [6, 6.07) is 7.32. The summed E-state index contributed by atoms with van der Waals surface area (Å²) in [6.45, 7) is 3.03. The Morgan fingerprint density at radius 1 is 1.06 bits per heavy atom. The molecule has 5 nitrogen and oxygen atoms in total. The quantitative estimate of drug-likeness (QED) is 0.729. The van der Waals surface area contributed by atoms with E-state index in [0.717, 1.165) is 11.5 Å². The molecule has 0 unspecified atom stereocenters. The third kappa shape index (κ3) is 6.46. The van der Waals surface area contributed by atoms with Gasteiger partial charge in [-0.05, 0) is 44.0 Å². The Labute approximate surface area is 108 Å². The van der Waals surface area contributed by atoms with Crippen LogP contribution in [0.3, 0.4) is 0 Å². The molecule has 0 fully saturated rings. The van der Waals surface area contributed by atoms with Crippen molar-refractivity contribution in [1.29, 1.82) is 0 Å². The summed E-state index contributed by atoms with van der Waals surface area (Å²) >= 11 is 0. The molecule has 102 valence electrons. The van der Waals surface area contributed by atoms with Crippen LogP contribution < -0.4 is 14.6 Å². The highest BCUT2D eigenvalue weighted by Crippen LogP contribution is 2.17. The van der Waals surface area contributed by atoms with Gasteiger partial charge in [-0.1, -0.05) is 0 Å². The molecule has 0 aliphatic heterocycles. The molecule has 0 atom stereocenters. The maximum Gasteiger partial charge on any atom is 0.209 e. The highest BCUT2D eigenvalue weighted by molar-refractivity contribution is 7.89. The fraction of sp³-hybridized carbons (Fsp3) is 0.500. The van der Waals surface area contributed by atoms with Crippen LogP contribution in [0, 0.1) is 0 Å². The van der Waals surface area contributed by atoms with Crippen LogP contribution in [0.1, 0.15) is 19.8 Å². The zero-order valence-electron chi connectivity index (χ0n) is 10.5. The van der Waals surface area contributed by atoms with Crippen LogP contribution >= 0.6 is 0 Å². The molecular weight excluding hydrogens is 254 g/mol. The number of rotatable bonds is 8. The molecule has 0 aliphatic rings. The smallest absolute Gasteiger partial charge is 0.209 e. The molecule has 0 heterocycles. The molecule has 0 aromatic heterocycles. The zero-order chi connectivity index (χ0) is 13.4. The summed E-state index contributed by atoms with van der Waals surface area (Å²) in [6.07, 6.45) is 1.17. The van der Waals surface area contributed by atoms with Gasteiger partial charge in [-0.2, -0.15) is 0 Å². The van der Waals surface area contributed by atoms with E-state index in [1.807, 2.05) is 31.2 Å². The standard InChI is InChI=1S/C12H19NO4S/c1-2-16-11-5-7-12(8-6-11)17-9-3-4-10-18(13,14)15/h5-8H,2-4,9-10H2,1H3,(H2,13,14,15). The van der Waals surface area contributed by atoms with Crippen molar-refractivity contribution in [3.8, 4) is 11.5 Å². The van der Waals surface area contributed by atoms with Gasteiger partial charge in [-0.25, -0.2) is 13.6 Å². The number of benzene rings is 1. The lowest BCUT2D eigenvalue weighted by Gasteiger charge is -2.07. The number of hydrogen-bond acceptors (Lipinski definition) is 4. The van der Waals surface area contributed by atoms with Crippen LogP contribution in [-0.4, -0.2) is 27.4 Å². The Balaban J connectivity index is 2.23. The number of hydrogen-bond donors (Lipinski definition) is 1. The van der Waals surface area contributed by atoms with Gasteiger partial charge in [0.1, 0.15) is 11.5 Å². The molecule has 0 saturated carbocycles. The minimum absolute atomic E-state index is 0.000359. The Hall–Kier alpha value is -1.27. The van der Waals surface area contributed by atoms with Gasteiger partial charge in [0.05, 0.1) is 19.0 Å². The molecule has 0 aliphatic carbocycles. The van der Waals surface area contributed by atoms with Gasteiger partial charge in [0.25, 0.3) is 0 Å². The first-order chi connectivity index (χ1) is 8.51. The zero-order valence-corrected chi connectivity index (χ0v) is 11.3. The number of ether oxygens (including phenoxy) is 2. The van der Waals surface area contributed by atoms with Gasteiger partial charge in [-0.3, -0.25) is 0 Å². The van der Waals surface area contributed by atoms with Crippen molar-refractivity contribution in [1.82, 2.24) is 0 Å². The highest BCUT2D eigenvalue weighted by atomic mass is 32.2. The number of primary sulfonamides is 1. The minimum atomic E-state index is -3.35. The third-order valence-electron chi connectivity index (χ3n) is 2.23. The van der Waals surface area contributed by atoms with E-state index < -0.39 is 10.0 Å². The first-order valence-corrected chi connectivity index (χ1v) is 7.59. The molecule has 0 amide bonds. The summed E-state index contributed by atoms with van der Waals surface area (Å²) in [5.74, 6) is 1.55. The molecule has 6 heteroatoms. The van der Waals surface area contributed by atoms with Crippen LogP contribution in [0.4, 0.5) is 0 Å². The van der Waals surface area contributed by atoms with Crippen LogP contribution in [0.15, 0.2) is 24.3 Å². The van der Waals surface area contributed by atoms with Crippen LogP contribution in [-0.2, 0) is 10.0 Å². The highest BCUT2D eigenvalue weighted by Gasteiger charge is 2.02. The van der Waals surface area contributed by atoms with Crippen molar-refractivity contribution in [2.75, 3.05) is 19.0 Å². The minimum Gasteiger partial charge on any atom is -0.494 e. The summed E-state index contributed by atoms with van der Waals surface area (Å²) in [5, 5.41) is 4.89. The van der Waals surface area contributed by atoms with E-state index in [1.165, 1.54) is 0 Å². The lowest BCUT2D eigenvalue weighted by Crippen LogP contribution is -2.16. The summed E-state index contributed by atoms with van der Waals surface area (Å²) < 4.78 is 32.1. The molecular formula is C12H19NO4S. The molecule has 0 radical (unpaired) electrons. The van der Waals surface area contributed by atoms with E-state index in [1.54, 1.807) is 0 Å². The molecule has 0 spiro atoms. The molecule has 1 aromatic carbocycles. The van der Waals surface area contributed by atoms with Crippen LogP contribution in [0.2, 0.25) is 0 Å². The molecule has 18 heavy (non-hydrogen) atoms. The van der Waals surface area contributed by atoms with Crippen molar-refractivity contribution in [3.63, 3.8) is 0 Å². The van der Waals surface area contributed by atoms with Crippen LogP contribution in [0.25, 0.3) is 0 Å². The largest absolute Gasteiger partial charge is 0.494 e. The van der Waals surface area contributed by atoms with Gasteiger partial charge < -0.3 is 9.47 Å². The maximum atomic E-state index is 10.7. The van der Waals surface area contributed by atoms with Crippen molar-refractivity contribution in [2.24, 2.45) is 5.14 Å². The fourth-order valence-corrected chi connectivity index (χ4v) is 2.00. The lowest BCUT2D eigenvalue weighted by molar-refractivity contribution is 0.307. The fourth-order valence-electron chi connectivity index (χ4n) is 1.39. The van der Waals surface area contributed by atoms with Crippen molar-refractivity contribution >= 4 is 10.0 Å². The topological polar surface area (TPSA) is 78.6 Å². The van der Waals surface area contributed by atoms with Crippen molar-refractivity contribution < 1.29 is 17.9 Å². The maximum absolute atomic E-state index is 10.7. The second kappa shape index (κ2) is 7.23. The second-order valence-electron chi connectivity index (χ2n) is 3.83. The Bertz CT molecular complexity index is 442. The van der Waals surface area contributed by atoms with E-state index in [0.29, 0.717) is 26.1 Å². The van der Waals surface area contributed by atoms with Crippen molar-refractivity contribution in [3.05, 3.63) is 24.3 Å². The normalized spacial score (nSPS) is 11.2. The predicted octanol–water partition coefficient (Wildman–Crippen LogP) is 1.53. The second-order valence-corrected chi connectivity index (χ2v) is 5.56. The van der Waals surface area contributed by atoms with Crippen molar-refractivity contribution in [2.45, 2.75) is 19.8 Å². The SMILES string of the molecule is CCOc1ccc(OCCCCS(N)(=O)=O)cc1. The average molecular weight is 273 g/mol. The molecule has 2 N–H and O–H groups in total.